The van der Waals surface area contributed by atoms with Gasteiger partial charge < -0.3 is 29.5 Å². The average Bonchev–Trinajstić information content (AvgIpc) is 3.37. The summed E-state index contributed by atoms with van der Waals surface area (Å²) in [6, 6.07) is 10.7. The number of hydrogen-bond donors (Lipinski definition) is 2. The second-order valence-corrected chi connectivity index (χ2v) is 11.5. The molecule has 220 valence electrons. The topological polar surface area (TPSA) is 114 Å². The number of carbonyl (C=O) groups excluding carboxylic acids is 2. The van der Waals surface area contributed by atoms with Gasteiger partial charge in [0.2, 0.25) is 5.91 Å². The standard InChI is InChI=1S/C31H44N2O7/c1-31(2,3)27(28(34)33-20-24(38-4)19-25(33)29(35)36)32-30(37)40-16-12-8-6-7-9-15-23-17-21-13-10-11-14-22(21)18-26(23)39-5/h10-11,13-14,17-18,24-25,27H,6-9,12,15-16,19-20H2,1-5H3,(H,32,37)(H,35,36)/t24-,25-,27+/m0/s1. The van der Waals surface area contributed by atoms with E-state index in [1.165, 1.54) is 28.3 Å². The number of nitrogens with one attached hydrogen (secondary N) is 1. The average molecular weight is 557 g/mol. The molecule has 0 saturated carbocycles. The fourth-order valence-electron chi connectivity index (χ4n) is 5.18. The molecule has 2 N–H and O–H groups in total. The van der Waals surface area contributed by atoms with E-state index in [9.17, 15) is 19.5 Å². The minimum Gasteiger partial charge on any atom is -0.496 e. The fourth-order valence-corrected chi connectivity index (χ4v) is 5.18. The molecule has 3 atom stereocenters. The first-order chi connectivity index (χ1) is 19.0. The molecule has 40 heavy (non-hydrogen) atoms. The van der Waals surface area contributed by atoms with Crippen LogP contribution in [0.1, 0.15) is 64.9 Å². The Hall–Kier alpha value is -3.33. The molecule has 2 aromatic rings. The lowest BCUT2D eigenvalue weighted by Gasteiger charge is -2.34. The molecule has 1 fully saturated rings. The van der Waals surface area contributed by atoms with Crippen molar-refractivity contribution in [3.05, 3.63) is 42.0 Å². The summed E-state index contributed by atoms with van der Waals surface area (Å²) in [5.74, 6) is -0.606. The molecule has 0 spiro atoms. The third kappa shape index (κ3) is 8.34. The van der Waals surface area contributed by atoms with E-state index < -0.39 is 35.5 Å². The van der Waals surface area contributed by atoms with E-state index in [2.05, 4.69) is 29.6 Å². The molecule has 3 rings (SSSR count). The number of rotatable bonds is 13. The van der Waals surface area contributed by atoms with Gasteiger partial charge in [-0.2, -0.15) is 0 Å². The quantitative estimate of drug-likeness (QED) is 0.327. The summed E-state index contributed by atoms with van der Waals surface area (Å²) in [6.45, 7) is 5.89. The maximum absolute atomic E-state index is 13.3. The van der Waals surface area contributed by atoms with Crippen molar-refractivity contribution >= 4 is 28.7 Å². The summed E-state index contributed by atoms with van der Waals surface area (Å²) in [5, 5.41) is 14.7. The van der Waals surface area contributed by atoms with Crippen LogP contribution < -0.4 is 10.1 Å². The van der Waals surface area contributed by atoms with Crippen molar-refractivity contribution in [2.75, 3.05) is 27.4 Å². The summed E-state index contributed by atoms with van der Waals surface area (Å²) in [7, 11) is 3.20. The lowest BCUT2D eigenvalue weighted by molar-refractivity contribution is -0.150. The molecule has 1 heterocycles. The number of alkyl carbamates (subject to hydrolysis) is 1. The Bertz CT molecular complexity index is 1160. The van der Waals surface area contributed by atoms with Gasteiger partial charge in [0.1, 0.15) is 17.8 Å². The Morgan fingerprint density at radius 1 is 1.02 bits per heavy atom. The van der Waals surface area contributed by atoms with Gasteiger partial charge in [-0.1, -0.05) is 64.3 Å². The van der Waals surface area contributed by atoms with E-state index in [0.29, 0.717) is 0 Å². The van der Waals surface area contributed by atoms with E-state index in [0.717, 1.165) is 44.3 Å². The number of nitrogens with zero attached hydrogens (tertiary/aromatic N) is 1. The van der Waals surface area contributed by atoms with Crippen LogP contribution in [0.2, 0.25) is 0 Å². The summed E-state index contributed by atoms with van der Waals surface area (Å²) >= 11 is 0. The lowest BCUT2D eigenvalue weighted by Crippen LogP contribution is -2.56. The minimum atomic E-state index is -1.08. The van der Waals surface area contributed by atoms with Crippen LogP contribution in [0, 0.1) is 5.41 Å². The van der Waals surface area contributed by atoms with Crippen molar-refractivity contribution in [1.82, 2.24) is 10.2 Å². The molecular formula is C31H44N2O7. The molecule has 9 nitrogen and oxygen atoms in total. The zero-order chi connectivity index (χ0) is 29.3. The predicted octanol–water partition coefficient (Wildman–Crippen LogP) is 5.18. The maximum Gasteiger partial charge on any atom is 0.407 e. The number of unbranched alkanes of at least 4 members (excludes halogenated alkanes) is 4. The van der Waals surface area contributed by atoms with E-state index in [-0.39, 0.29) is 25.7 Å². The van der Waals surface area contributed by atoms with Gasteiger partial charge >= 0.3 is 12.1 Å². The van der Waals surface area contributed by atoms with Crippen LogP contribution in [0.25, 0.3) is 10.8 Å². The van der Waals surface area contributed by atoms with Crippen LogP contribution >= 0.6 is 0 Å². The number of benzene rings is 2. The number of carbonyl (C=O) groups is 3. The molecule has 0 unspecified atom stereocenters. The SMILES string of the molecule is COc1cc2ccccc2cc1CCCCCCCOC(=O)N[C@H](C(=O)N1C[C@@H](OC)C[C@H]1C(=O)O)C(C)(C)C. The van der Waals surface area contributed by atoms with Gasteiger partial charge in [0.15, 0.2) is 0 Å². The van der Waals surface area contributed by atoms with Crippen molar-refractivity contribution in [1.29, 1.82) is 0 Å². The first kappa shape index (κ1) is 31.2. The van der Waals surface area contributed by atoms with Gasteiger partial charge in [-0.05, 0) is 53.1 Å². The monoisotopic (exact) mass is 556 g/mol. The van der Waals surface area contributed by atoms with Crippen molar-refractivity contribution in [2.24, 2.45) is 5.41 Å². The Balaban J connectivity index is 1.39. The van der Waals surface area contributed by atoms with Gasteiger partial charge in [0.25, 0.3) is 0 Å². The molecule has 0 aromatic heterocycles. The Labute approximate surface area is 237 Å². The summed E-state index contributed by atoms with van der Waals surface area (Å²) in [6.07, 6.45) is 4.91. The highest BCUT2D eigenvalue weighted by Crippen LogP contribution is 2.28. The Morgan fingerprint density at radius 3 is 2.30 bits per heavy atom. The van der Waals surface area contributed by atoms with Gasteiger partial charge in [-0.3, -0.25) is 4.79 Å². The van der Waals surface area contributed by atoms with Gasteiger partial charge in [-0.15, -0.1) is 0 Å². The maximum atomic E-state index is 13.3. The third-order valence-corrected chi connectivity index (χ3v) is 7.51. The predicted molar refractivity (Wildman–Crippen MR) is 154 cm³/mol. The van der Waals surface area contributed by atoms with E-state index >= 15 is 0 Å². The zero-order valence-corrected chi connectivity index (χ0v) is 24.4. The van der Waals surface area contributed by atoms with E-state index in [4.69, 9.17) is 14.2 Å². The highest BCUT2D eigenvalue weighted by Gasteiger charge is 2.45. The highest BCUT2D eigenvalue weighted by molar-refractivity contribution is 5.90. The lowest BCUT2D eigenvalue weighted by atomic mass is 9.85. The van der Waals surface area contributed by atoms with Crippen molar-refractivity contribution < 1.29 is 33.7 Å². The molecule has 1 saturated heterocycles. The van der Waals surface area contributed by atoms with Crippen LogP contribution in [0.15, 0.2) is 36.4 Å². The largest absolute Gasteiger partial charge is 0.496 e. The zero-order valence-electron chi connectivity index (χ0n) is 24.4. The molecule has 0 bridgehead atoms. The van der Waals surface area contributed by atoms with Crippen LogP contribution in [0.4, 0.5) is 4.79 Å². The normalized spacial score (nSPS) is 18.0. The van der Waals surface area contributed by atoms with Crippen molar-refractivity contribution in [3.63, 3.8) is 0 Å². The van der Waals surface area contributed by atoms with Gasteiger partial charge in [-0.25, -0.2) is 9.59 Å². The molecule has 9 heteroatoms. The molecule has 0 radical (unpaired) electrons. The highest BCUT2D eigenvalue weighted by atomic mass is 16.5. The van der Waals surface area contributed by atoms with Crippen molar-refractivity contribution in [2.45, 2.75) is 83.9 Å². The Morgan fingerprint density at radius 2 is 1.68 bits per heavy atom. The summed E-state index contributed by atoms with van der Waals surface area (Å²) in [4.78, 5) is 38.9. The molecule has 2 aromatic carbocycles. The number of amides is 2. The molecule has 1 aliphatic rings. The number of hydrogen-bond acceptors (Lipinski definition) is 6. The van der Waals surface area contributed by atoms with Gasteiger partial charge in [0.05, 0.1) is 19.8 Å². The number of likely N-dealkylation sites (tertiary alicyclic amines) is 1. The van der Waals surface area contributed by atoms with Gasteiger partial charge in [0, 0.05) is 20.1 Å². The molecule has 1 aliphatic heterocycles. The number of ether oxygens (including phenoxy) is 3. The van der Waals surface area contributed by atoms with Crippen LogP contribution in [0.3, 0.4) is 0 Å². The number of carboxylic acid groups (broad SMARTS) is 1. The van der Waals surface area contributed by atoms with Crippen LogP contribution in [-0.4, -0.2) is 73.5 Å². The second kappa shape index (κ2) is 14.3. The summed E-state index contributed by atoms with van der Waals surface area (Å²) < 4.78 is 16.3. The fraction of sp³-hybridized carbons (Fsp3) is 0.581. The van der Waals surface area contributed by atoms with Crippen LogP contribution in [-0.2, 0) is 25.5 Å². The third-order valence-electron chi connectivity index (χ3n) is 7.51. The molecule has 0 aliphatic carbocycles. The molecular weight excluding hydrogens is 512 g/mol. The number of aryl methyl sites for hydroxylation is 1. The van der Waals surface area contributed by atoms with E-state index in [1.807, 2.05) is 32.9 Å². The Kier molecular flexibility index (Phi) is 11.2. The summed E-state index contributed by atoms with van der Waals surface area (Å²) in [5.41, 5.74) is 0.573. The minimum absolute atomic E-state index is 0.170. The number of aliphatic carboxylic acids is 1. The second-order valence-electron chi connectivity index (χ2n) is 11.5. The van der Waals surface area contributed by atoms with Crippen LogP contribution in [0.5, 0.6) is 5.75 Å². The number of fused-ring (bicyclic) bond motifs is 1. The first-order valence-corrected chi connectivity index (χ1v) is 14.1. The molecule has 2 amide bonds. The smallest absolute Gasteiger partial charge is 0.407 e. The first-order valence-electron chi connectivity index (χ1n) is 14.1. The van der Waals surface area contributed by atoms with E-state index in [1.54, 1.807) is 7.11 Å². The number of carboxylic acids is 1. The van der Waals surface area contributed by atoms with Crippen molar-refractivity contribution in [3.8, 4) is 5.75 Å². The number of methoxy groups -OCH3 is 2.